The Labute approximate surface area is 128 Å². The summed E-state index contributed by atoms with van der Waals surface area (Å²) >= 11 is 6.13. The van der Waals surface area contributed by atoms with Crippen molar-refractivity contribution in [2.24, 2.45) is 0 Å². The van der Waals surface area contributed by atoms with Crippen LogP contribution in [0.1, 0.15) is 35.3 Å². The van der Waals surface area contributed by atoms with E-state index < -0.39 is 0 Å². The maximum atomic E-state index is 12.6. The molecule has 2 aromatic rings. The number of benzene rings is 2. The van der Waals surface area contributed by atoms with Gasteiger partial charge in [-0.3, -0.25) is 4.79 Å². The quantitative estimate of drug-likeness (QED) is 0.677. The number of anilines is 1. The Morgan fingerprint density at radius 3 is 2.81 bits per heavy atom. The highest BCUT2D eigenvalue weighted by Gasteiger charge is 2.30. The molecule has 0 aliphatic carbocycles. The number of ether oxygens (including phenoxy) is 1. The molecule has 0 spiro atoms. The molecule has 0 aromatic heterocycles. The SMILES string of the molecule is CC1(C)Cc2cc(C(=O)c3cccc(N)c3Cl)ccc2O1. The largest absolute Gasteiger partial charge is 0.487 e. The molecular formula is C17H16ClNO2. The number of fused-ring (bicyclic) bond motifs is 1. The minimum atomic E-state index is -0.223. The molecule has 0 saturated carbocycles. The predicted octanol–water partition coefficient (Wildman–Crippen LogP) is 3.87. The van der Waals surface area contributed by atoms with Crippen LogP contribution in [0.25, 0.3) is 0 Å². The zero-order chi connectivity index (χ0) is 15.2. The van der Waals surface area contributed by atoms with Crippen molar-refractivity contribution < 1.29 is 9.53 Å². The van der Waals surface area contributed by atoms with Crippen LogP contribution in [0.4, 0.5) is 5.69 Å². The van der Waals surface area contributed by atoms with E-state index in [-0.39, 0.29) is 11.4 Å². The van der Waals surface area contributed by atoms with Gasteiger partial charge in [0.15, 0.2) is 5.78 Å². The highest BCUT2D eigenvalue weighted by molar-refractivity contribution is 6.37. The molecule has 21 heavy (non-hydrogen) atoms. The van der Waals surface area contributed by atoms with Gasteiger partial charge in [0.2, 0.25) is 0 Å². The number of carbonyl (C=O) groups excluding carboxylic acids is 1. The molecule has 1 aliphatic heterocycles. The fourth-order valence-electron chi connectivity index (χ4n) is 2.63. The van der Waals surface area contributed by atoms with Gasteiger partial charge in [-0.1, -0.05) is 17.7 Å². The lowest BCUT2D eigenvalue weighted by molar-refractivity contribution is 0.103. The topological polar surface area (TPSA) is 52.3 Å². The van der Waals surface area contributed by atoms with Crippen LogP contribution in [-0.4, -0.2) is 11.4 Å². The van der Waals surface area contributed by atoms with E-state index in [1.54, 1.807) is 24.3 Å². The van der Waals surface area contributed by atoms with Crippen LogP contribution in [-0.2, 0) is 6.42 Å². The Morgan fingerprint density at radius 2 is 2.05 bits per heavy atom. The summed E-state index contributed by atoms with van der Waals surface area (Å²) in [7, 11) is 0. The van der Waals surface area contributed by atoms with E-state index >= 15 is 0 Å². The molecule has 4 heteroatoms. The van der Waals surface area contributed by atoms with Crippen molar-refractivity contribution >= 4 is 23.1 Å². The number of halogens is 1. The number of ketones is 1. The molecule has 0 radical (unpaired) electrons. The van der Waals surface area contributed by atoms with E-state index in [0.717, 1.165) is 17.7 Å². The summed E-state index contributed by atoms with van der Waals surface area (Å²) in [5, 5.41) is 0.305. The molecule has 0 unspecified atom stereocenters. The number of nitrogens with two attached hydrogens (primary N) is 1. The summed E-state index contributed by atoms with van der Waals surface area (Å²) in [4.78, 5) is 12.6. The van der Waals surface area contributed by atoms with Crippen LogP contribution in [0.5, 0.6) is 5.75 Å². The minimum absolute atomic E-state index is 0.125. The van der Waals surface area contributed by atoms with Crippen LogP contribution >= 0.6 is 11.6 Å². The van der Waals surface area contributed by atoms with E-state index in [2.05, 4.69) is 0 Å². The lowest BCUT2D eigenvalue weighted by Gasteiger charge is -2.16. The maximum absolute atomic E-state index is 12.6. The van der Waals surface area contributed by atoms with Crippen molar-refractivity contribution in [2.45, 2.75) is 25.9 Å². The van der Waals surface area contributed by atoms with Crippen LogP contribution in [0.2, 0.25) is 5.02 Å². The summed E-state index contributed by atoms with van der Waals surface area (Å²) in [5.74, 6) is 0.718. The third-order valence-corrected chi connectivity index (χ3v) is 4.02. The number of hydrogen-bond donors (Lipinski definition) is 1. The third kappa shape index (κ3) is 2.49. The smallest absolute Gasteiger partial charge is 0.194 e. The second-order valence-corrected chi connectivity index (χ2v) is 6.28. The van der Waals surface area contributed by atoms with Crippen LogP contribution < -0.4 is 10.5 Å². The molecule has 2 aromatic carbocycles. The summed E-state index contributed by atoms with van der Waals surface area (Å²) in [6.07, 6.45) is 0.786. The van der Waals surface area contributed by atoms with Gasteiger partial charge in [-0.15, -0.1) is 0 Å². The fraction of sp³-hybridized carbons (Fsp3) is 0.235. The molecule has 0 amide bonds. The van der Waals surface area contributed by atoms with Crippen molar-refractivity contribution in [3.05, 3.63) is 58.1 Å². The highest BCUT2D eigenvalue weighted by atomic mass is 35.5. The zero-order valence-corrected chi connectivity index (χ0v) is 12.7. The molecular weight excluding hydrogens is 286 g/mol. The Hall–Kier alpha value is -2.00. The second kappa shape index (κ2) is 4.78. The lowest BCUT2D eigenvalue weighted by Crippen LogP contribution is -2.24. The van der Waals surface area contributed by atoms with Crippen LogP contribution in [0, 0.1) is 0 Å². The van der Waals surface area contributed by atoms with Crippen molar-refractivity contribution in [3.63, 3.8) is 0 Å². The molecule has 1 heterocycles. The van der Waals surface area contributed by atoms with Gasteiger partial charge in [-0.2, -0.15) is 0 Å². The molecule has 3 rings (SSSR count). The molecule has 0 atom stereocenters. The van der Waals surface area contributed by atoms with E-state index in [4.69, 9.17) is 22.1 Å². The fourth-order valence-corrected chi connectivity index (χ4v) is 2.84. The van der Waals surface area contributed by atoms with Gasteiger partial charge in [0.05, 0.1) is 10.7 Å². The summed E-state index contributed by atoms with van der Waals surface area (Å²) < 4.78 is 5.82. The van der Waals surface area contributed by atoms with Gasteiger partial charge >= 0.3 is 0 Å². The highest BCUT2D eigenvalue weighted by Crippen LogP contribution is 2.36. The van der Waals surface area contributed by atoms with Crippen molar-refractivity contribution in [3.8, 4) is 5.75 Å². The number of rotatable bonds is 2. The van der Waals surface area contributed by atoms with E-state index in [1.165, 1.54) is 0 Å². The second-order valence-electron chi connectivity index (χ2n) is 5.90. The average molecular weight is 302 g/mol. The first-order valence-electron chi connectivity index (χ1n) is 6.78. The van der Waals surface area contributed by atoms with Gasteiger partial charge < -0.3 is 10.5 Å². The van der Waals surface area contributed by atoms with Gasteiger partial charge in [0.1, 0.15) is 11.4 Å². The first-order chi connectivity index (χ1) is 9.87. The first-order valence-corrected chi connectivity index (χ1v) is 7.16. The molecule has 0 bridgehead atoms. The first kappa shape index (κ1) is 14.0. The van der Waals surface area contributed by atoms with Crippen molar-refractivity contribution in [1.29, 1.82) is 0 Å². The molecule has 1 aliphatic rings. The minimum Gasteiger partial charge on any atom is -0.487 e. The Bertz CT molecular complexity index is 738. The van der Waals surface area contributed by atoms with Gasteiger partial charge in [-0.25, -0.2) is 0 Å². The monoisotopic (exact) mass is 301 g/mol. The lowest BCUT2D eigenvalue weighted by atomic mass is 9.97. The van der Waals surface area contributed by atoms with E-state index in [1.807, 2.05) is 26.0 Å². The Kier molecular flexibility index (Phi) is 3.18. The molecule has 0 saturated heterocycles. The normalized spacial score (nSPS) is 15.4. The summed E-state index contributed by atoms with van der Waals surface area (Å²) in [6, 6.07) is 10.6. The van der Waals surface area contributed by atoms with Gasteiger partial charge in [-0.05, 0) is 49.7 Å². The van der Waals surface area contributed by atoms with Gasteiger partial charge in [0, 0.05) is 17.5 Å². The Balaban J connectivity index is 1.99. The maximum Gasteiger partial charge on any atom is 0.194 e. The van der Waals surface area contributed by atoms with E-state index in [9.17, 15) is 4.79 Å². The molecule has 3 nitrogen and oxygen atoms in total. The number of carbonyl (C=O) groups is 1. The van der Waals surface area contributed by atoms with E-state index in [0.29, 0.717) is 21.8 Å². The molecule has 2 N–H and O–H groups in total. The number of nitrogen functional groups attached to an aromatic ring is 1. The Morgan fingerprint density at radius 1 is 1.29 bits per heavy atom. The predicted molar refractivity (Wildman–Crippen MR) is 84.1 cm³/mol. The molecule has 0 fully saturated rings. The van der Waals surface area contributed by atoms with Crippen LogP contribution in [0.15, 0.2) is 36.4 Å². The summed E-state index contributed by atoms with van der Waals surface area (Å²) in [6.45, 7) is 4.06. The van der Waals surface area contributed by atoms with Gasteiger partial charge in [0.25, 0.3) is 0 Å². The van der Waals surface area contributed by atoms with Crippen LogP contribution in [0.3, 0.4) is 0 Å². The zero-order valence-electron chi connectivity index (χ0n) is 11.9. The average Bonchev–Trinajstić information content (AvgIpc) is 2.73. The van der Waals surface area contributed by atoms with Crippen molar-refractivity contribution in [1.82, 2.24) is 0 Å². The number of hydrogen-bond acceptors (Lipinski definition) is 3. The third-order valence-electron chi connectivity index (χ3n) is 3.60. The van der Waals surface area contributed by atoms with Crippen molar-refractivity contribution in [2.75, 3.05) is 5.73 Å². The standard InChI is InChI=1S/C17H16ClNO2/c1-17(2)9-11-8-10(6-7-14(11)21-17)16(20)12-4-3-5-13(19)15(12)18/h3-8H,9,19H2,1-2H3. The summed E-state index contributed by atoms with van der Waals surface area (Å²) in [5.41, 5.74) is 8.02. The molecule has 108 valence electrons.